The summed E-state index contributed by atoms with van der Waals surface area (Å²) in [7, 11) is 0. The van der Waals surface area contributed by atoms with Crippen molar-refractivity contribution in [1.29, 1.82) is 0 Å². The van der Waals surface area contributed by atoms with Gasteiger partial charge in [-0.3, -0.25) is 0 Å². The molecular formula is C13H9FNO2-. The van der Waals surface area contributed by atoms with Crippen LogP contribution < -0.4 is 10.8 Å². The summed E-state index contributed by atoms with van der Waals surface area (Å²) in [5.74, 6) is -2.33. The quantitative estimate of drug-likeness (QED) is 0.794. The molecule has 0 spiro atoms. The highest BCUT2D eigenvalue weighted by Gasteiger charge is 2.05. The molecule has 0 aromatic heterocycles. The fourth-order valence-corrected chi connectivity index (χ4v) is 1.54. The Labute approximate surface area is 97.3 Å². The number of carbonyl (C=O) groups excluding carboxylic acids is 1. The van der Waals surface area contributed by atoms with Gasteiger partial charge in [-0.25, -0.2) is 4.39 Å². The van der Waals surface area contributed by atoms with Crippen molar-refractivity contribution in [3.05, 3.63) is 53.8 Å². The number of hydrogen-bond acceptors (Lipinski definition) is 3. The van der Waals surface area contributed by atoms with Crippen molar-refractivity contribution >= 4 is 11.7 Å². The molecule has 0 fully saturated rings. The van der Waals surface area contributed by atoms with Crippen LogP contribution in [0.2, 0.25) is 0 Å². The Bertz CT molecular complexity index is 564. The molecule has 0 aliphatic carbocycles. The van der Waals surface area contributed by atoms with E-state index in [1.54, 1.807) is 24.3 Å². The predicted octanol–water partition coefficient (Wildman–Crippen LogP) is 1.44. The number of aromatic carboxylic acids is 1. The third-order valence-corrected chi connectivity index (χ3v) is 2.43. The molecule has 0 aliphatic heterocycles. The van der Waals surface area contributed by atoms with E-state index in [4.69, 9.17) is 5.73 Å². The molecule has 0 saturated carbocycles. The molecule has 0 heterocycles. The lowest BCUT2D eigenvalue weighted by atomic mass is 10.0. The lowest BCUT2D eigenvalue weighted by molar-refractivity contribution is -0.255. The van der Waals surface area contributed by atoms with Crippen LogP contribution in [0.3, 0.4) is 0 Å². The van der Waals surface area contributed by atoms with Crippen LogP contribution in [0.4, 0.5) is 10.1 Å². The van der Waals surface area contributed by atoms with Gasteiger partial charge < -0.3 is 15.6 Å². The van der Waals surface area contributed by atoms with Gasteiger partial charge in [-0.15, -0.1) is 0 Å². The van der Waals surface area contributed by atoms with Crippen LogP contribution in [0.15, 0.2) is 42.5 Å². The van der Waals surface area contributed by atoms with E-state index in [-0.39, 0.29) is 0 Å². The van der Waals surface area contributed by atoms with Crippen LogP contribution in [-0.2, 0) is 0 Å². The summed E-state index contributed by atoms with van der Waals surface area (Å²) in [6.45, 7) is 0. The number of halogens is 1. The van der Waals surface area contributed by atoms with Gasteiger partial charge in [-0.05, 0) is 35.4 Å². The molecule has 4 heteroatoms. The van der Waals surface area contributed by atoms with E-state index in [1.165, 1.54) is 12.1 Å². The summed E-state index contributed by atoms with van der Waals surface area (Å²) in [6, 6.07) is 10.7. The van der Waals surface area contributed by atoms with E-state index in [0.29, 0.717) is 11.3 Å². The van der Waals surface area contributed by atoms with Gasteiger partial charge in [0, 0.05) is 11.3 Å². The molecule has 86 valence electrons. The number of anilines is 1. The minimum Gasteiger partial charge on any atom is -0.545 e. The fraction of sp³-hybridized carbons (Fsp3) is 0. The standard InChI is InChI=1S/C13H10FNO2/c14-12-6-3-9(7-11(12)13(16)17)8-1-4-10(15)5-2-8/h1-7H,15H2,(H,16,17)/p-1. The van der Waals surface area contributed by atoms with Crippen LogP contribution in [0, 0.1) is 5.82 Å². The van der Waals surface area contributed by atoms with Crippen molar-refractivity contribution in [3.8, 4) is 11.1 Å². The van der Waals surface area contributed by atoms with Gasteiger partial charge in [-0.1, -0.05) is 18.2 Å². The first-order valence-electron chi connectivity index (χ1n) is 4.95. The van der Waals surface area contributed by atoms with E-state index in [2.05, 4.69) is 0 Å². The maximum atomic E-state index is 13.2. The van der Waals surface area contributed by atoms with Gasteiger partial charge in [0.15, 0.2) is 0 Å². The van der Waals surface area contributed by atoms with Gasteiger partial charge >= 0.3 is 0 Å². The molecule has 0 aliphatic rings. The lowest BCUT2D eigenvalue weighted by Gasteiger charge is -2.08. The SMILES string of the molecule is Nc1ccc(-c2ccc(F)c(C(=O)[O-])c2)cc1. The van der Waals surface area contributed by atoms with E-state index in [1.807, 2.05) is 0 Å². The van der Waals surface area contributed by atoms with Gasteiger partial charge in [0.25, 0.3) is 0 Å². The van der Waals surface area contributed by atoms with Crippen molar-refractivity contribution in [2.45, 2.75) is 0 Å². The number of hydrogen-bond donors (Lipinski definition) is 1. The zero-order valence-electron chi connectivity index (χ0n) is 8.81. The average Bonchev–Trinajstić information content (AvgIpc) is 2.30. The summed E-state index contributed by atoms with van der Waals surface area (Å²) in [5.41, 5.74) is 7.07. The fourth-order valence-electron chi connectivity index (χ4n) is 1.54. The zero-order valence-corrected chi connectivity index (χ0v) is 8.81. The Morgan fingerprint density at radius 1 is 1.06 bits per heavy atom. The molecule has 17 heavy (non-hydrogen) atoms. The highest BCUT2D eigenvalue weighted by atomic mass is 19.1. The molecular weight excluding hydrogens is 221 g/mol. The molecule has 0 atom stereocenters. The van der Waals surface area contributed by atoms with Gasteiger partial charge in [0.2, 0.25) is 0 Å². The van der Waals surface area contributed by atoms with Crippen LogP contribution in [0.5, 0.6) is 0 Å². The molecule has 2 N–H and O–H groups in total. The Balaban J connectivity index is 2.50. The first-order valence-corrected chi connectivity index (χ1v) is 4.95. The van der Waals surface area contributed by atoms with Gasteiger partial charge in [0.05, 0.1) is 5.97 Å². The summed E-state index contributed by atoms with van der Waals surface area (Å²) in [4.78, 5) is 10.7. The minimum absolute atomic E-state index is 0.445. The zero-order chi connectivity index (χ0) is 12.4. The molecule has 0 saturated heterocycles. The summed E-state index contributed by atoms with van der Waals surface area (Å²) < 4.78 is 13.2. The normalized spacial score (nSPS) is 10.2. The number of carbonyl (C=O) groups is 1. The molecule has 3 nitrogen and oxygen atoms in total. The lowest BCUT2D eigenvalue weighted by Crippen LogP contribution is -2.23. The monoisotopic (exact) mass is 230 g/mol. The molecule has 2 aromatic carbocycles. The number of rotatable bonds is 2. The maximum Gasteiger partial charge on any atom is 0.132 e. The van der Waals surface area contributed by atoms with Crippen molar-refractivity contribution in [1.82, 2.24) is 0 Å². The number of carboxylic acids is 1. The van der Waals surface area contributed by atoms with E-state index in [9.17, 15) is 14.3 Å². The second-order valence-corrected chi connectivity index (χ2v) is 3.60. The first kappa shape index (κ1) is 11.1. The van der Waals surface area contributed by atoms with Crippen LogP contribution in [-0.4, -0.2) is 5.97 Å². The average molecular weight is 230 g/mol. The third kappa shape index (κ3) is 2.25. The molecule has 0 unspecified atom stereocenters. The van der Waals surface area contributed by atoms with Crippen molar-refractivity contribution < 1.29 is 14.3 Å². The van der Waals surface area contributed by atoms with Gasteiger partial charge in [-0.2, -0.15) is 0 Å². The summed E-state index contributed by atoms with van der Waals surface area (Å²) in [6.07, 6.45) is 0. The number of benzene rings is 2. The molecule has 2 rings (SSSR count). The third-order valence-electron chi connectivity index (χ3n) is 2.43. The Morgan fingerprint density at radius 3 is 2.24 bits per heavy atom. The number of nitrogen functional groups attached to an aromatic ring is 1. The second-order valence-electron chi connectivity index (χ2n) is 3.60. The molecule has 0 amide bonds. The molecule has 2 aromatic rings. The van der Waals surface area contributed by atoms with Gasteiger partial charge in [0.1, 0.15) is 5.82 Å². The number of nitrogens with two attached hydrogens (primary N) is 1. The van der Waals surface area contributed by atoms with Crippen LogP contribution in [0.25, 0.3) is 11.1 Å². The Hall–Kier alpha value is -2.36. The molecule has 0 bridgehead atoms. The largest absolute Gasteiger partial charge is 0.545 e. The first-order chi connectivity index (χ1) is 8.08. The number of carboxylic acid groups (broad SMARTS) is 1. The van der Waals surface area contributed by atoms with Crippen LogP contribution >= 0.6 is 0 Å². The van der Waals surface area contributed by atoms with E-state index < -0.39 is 17.3 Å². The molecule has 0 radical (unpaired) electrons. The summed E-state index contributed by atoms with van der Waals surface area (Å²) in [5, 5.41) is 10.7. The Kier molecular flexibility index (Phi) is 2.78. The van der Waals surface area contributed by atoms with Crippen molar-refractivity contribution in [2.24, 2.45) is 0 Å². The highest BCUT2D eigenvalue weighted by molar-refractivity contribution is 5.88. The maximum absolute atomic E-state index is 13.2. The topological polar surface area (TPSA) is 66.2 Å². The van der Waals surface area contributed by atoms with E-state index >= 15 is 0 Å². The smallest absolute Gasteiger partial charge is 0.132 e. The van der Waals surface area contributed by atoms with E-state index in [0.717, 1.165) is 11.6 Å². The minimum atomic E-state index is -1.53. The summed E-state index contributed by atoms with van der Waals surface area (Å²) >= 11 is 0. The predicted molar refractivity (Wildman–Crippen MR) is 60.6 cm³/mol. The van der Waals surface area contributed by atoms with Crippen molar-refractivity contribution in [3.63, 3.8) is 0 Å². The Morgan fingerprint density at radius 2 is 1.65 bits per heavy atom. The van der Waals surface area contributed by atoms with Crippen molar-refractivity contribution in [2.75, 3.05) is 5.73 Å². The second kappa shape index (κ2) is 4.25. The highest BCUT2D eigenvalue weighted by Crippen LogP contribution is 2.22. The van der Waals surface area contributed by atoms with Crippen LogP contribution in [0.1, 0.15) is 10.4 Å².